The van der Waals surface area contributed by atoms with E-state index < -0.39 is 0 Å². The highest BCUT2D eigenvalue weighted by Gasteiger charge is 2.18. The zero-order valence-corrected chi connectivity index (χ0v) is 10.6. The van der Waals surface area contributed by atoms with Gasteiger partial charge < -0.3 is 0 Å². The molecular formula is C11H18N2OS. The maximum atomic E-state index is 11.7. The minimum atomic E-state index is -0.164. The van der Waals surface area contributed by atoms with Gasteiger partial charge in [-0.15, -0.1) is 0 Å². The second kappa shape index (κ2) is 4.39. The van der Waals surface area contributed by atoms with Crippen molar-refractivity contribution < 1.29 is 0 Å². The molecule has 0 spiro atoms. The van der Waals surface area contributed by atoms with Crippen molar-refractivity contribution in [3.63, 3.8) is 0 Å². The summed E-state index contributed by atoms with van der Waals surface area (Å²) in [6.07, 6.45) is 0. The minimum Gasteiger partial charge on any atom is -0.296 e. The summed E-state index contributed by atoms with van der Waals surface area (Å²) in [4.78, 5) is 15.6. The average molecular weight is 226 g/mol. The fourth-order valence-electron chi connectivity index (χ4n) is 1.44. The van der Waals surface area contributed by atoms with Gasteiger partial charge in [0.2, 0.25) is 0 Å². The summed E-state index contributed by atoms with van der Waals surface area (Å²) in [5, 5.41) is 0. The van der Waals surface area contributed by atoms with Gasteiger partial charge in [-0.1, -0.05) is 13.8 Å². The van der Waals surface area contributed by atoms with Gasteiger partial charge in [0.1, 0.15) is 0 Å². The van der Waals surface area contributed by atoms with Crippen molar-refractivity contribution in [3.05, 3.63) is 27.9 Å². The Balaban J connectivity index is 3.11. The Bertz CT molecular complexity index is 410. The highest BCUT2D eigenvalue weighted by molar-refractivity contribution is 7.80. The number of aryl methyl sites for hydroxylation is 2. The molecule has 0 saturated carbocycles. The van der Waals surface area contributed by atoms with Crippen LogP contribution in [-0.4, -0.2) is 15.3 Å². The number of rotatable bonds is 3. The first-order valence-corrected chi connectivity index (χ1v) is 5.65. The monoisotopic (exact) mass is 226 g/mol. The van der Waals surface area contributed by atoms with Gasteiger partial charge >= 0.3 is 5.69 Å². The molecule has 4 heteroatoms. The van der Waals surface area contributed by atoms with Crippen molar-refractivity contribution in [2.24, 2.45) is 5.41 Å². The van der Waals surface area contributed by atoms with E-state index in [9.17, 15) is 4.79 Å². The third kappa shape index (κ3) is 3.09. The lowest BCUT2D eigenvalue weighted by Crippen LogP contribution is -2.32. The smallest absolute Gasteiger partial charge is 0.296 e. The maximum absolute atomic E-state index is 11.7. The predicted octanol–water partition coefficient (Wildman–Crippen LogP) is 1.82. The Morgan fingerprint density at radius 1 is 1.47 bits per heavy atom. The Morgan fingerprint density at radius 3 is 2.53 bits per heavy atom. The lowest BCUT2D eigenvalue weighted by Gasteiger charge is -2.24. The lowest BCUT2D eigenvalue weighted by atomic mass is 9.96. The van der Waals surface area contributed by atoms with Gasteiger partial charge in [-0.3, -0.25) is 4.57 Å². The van der Waals surface area contributed by atoms with Gasteiger partial charge in [-0.25, -0.2) is 4.79 Å². The SMILES string of the molecule is Cc1cc(C)n(CC(C)(C)CS)c(=O)n1. The molecule has 0 aliphatic carbocycles. The standard InChI is InChI=1S/C11H18N2OS/c1-8-5-9(2)13(10(14)12-8)6-11(3,4)7-15/h5,15H,6-7H2,1-4H3. The molecule has 84 valence electrons. The van der Waals surface area contributed by atoms with Crippen LogP contribution in [0.4, 0.5) is 0 Å². The van der Waals surface area contributed by atoms with E-state index in [2.05, 4.69) is 31.5 Å². The van der Waals surface area contributed by atoms with Gasteiger partial charge in [0.15, 0.2) is 0 Å². The summed E-state index contributed by atoms with van der Waals surface area (Å²) in [6, 6.07) is 1.93. The van der Waals surface area contributed by atoms with Crippen molar-refractivity contribution in [1.82, 2.24) is 9.55 Å². The van der Waals surface area contributed by atoms with Crippen LogP contribution < -0.4 is 5.69 Å². The Morgan fingerprint density at radius 2 is 2.07 bits per heavy atom. The molecule has 0 N–H and O–H groups in total. The molecule has 0 aliphatic rings. The molecule has 0 aromatic carbocycles. The van der Waals surface area contributed by atoms with Gasteiger partial charge in [0, 0.05) is 17.9 Å². The van der Waals surface area contributed by atoms with E-state index in [0.717, 1.165) is 17.1 Å². The van der Waals surface area contributed by atoms with Crippen LogP contribution in [0.5, 0.6) is 0 Å². The normalized spacial score (nSPS) is 11.8. The first-order chi connectivity index (χ1) is 6.85. The van der Waals surface area contributed by atoms with Crippen LogP contribution in [-0.2, 0) is 6.54 Å². The fourth-order valence-corrected chi connectivity index (χ4v) is 1.54. The van der Waals surface area contributed by atoms with Crippen LogP contribution in [0.15, 0.2) is 10.9 Å². The lowest BCUT2D eigenvalue weighted by molar-refractivity contribution is 0.340. The van der Waals surface area contributed by atoms with E-state index in [1.54, 1.807) is 4.57 Å². The van der Waals surface area contributed by atoms with E-state index in [0.29, 0.717) is 6.54 Å². The van der Waals surface area contributed by atoms with Crippen molar-refractivity contribution in [2.45, 2.75) is 34.2 Å². The van der Waals surface area contributed by atoms with Crippen LogP contribution in [0, 0.1) is 19.3 Å². The third-order valence-corrected chi connectivity index (χ3v) is 3.22. The molecule has 0 aliphatic heterocycles. The van der Waals surface area contributed by atoms with E-state index in [1.165, 1.54) is 0 Å². The number of aromatic nitrogens is 2. The second-order valence-electron chi connectivity index (χ2n) is 4.73. The molecule has 0 saturated heterocycles. The third-order valence-electron chi connectivity index (χ3n) is 2.36. The zero-order chi connectivity index (χ0) is 11.6. The van der Waals surface area contributed by atoms with E-state index in [4.69, 9.17) is 0 Å². The van der Waals surface area contributed by atoms with Crippen molar-refractivity contribution >= 4 is 12.6 Å². The number of nitrogens with zero attached hydrogens (tertiary/aromatic N) is 2. The minimum absolute atomic E-state index is 0.00857. The molecule has 0 radical (unpaired) electrons. The van der Waals surface area contributed by atoms with Gasteiger partial charge in [-0.05, 0) is 31.1 Å². The average Bonchev–Trinajstić information content (AvgIpc) is 2.11. The van der Waals surface area contributed by atoms with Crippen LogP contribution in [0.2, 0.25) is 0 Å². The van der Waals surface area contributed by atoms with Crippen molar-refractivity contribution in [3.8, 4) is 0 Å². The zero-order valence-electron chi connectivity index (χ0n) is 9.74. The molecule has 1 aromatic rings. The number of thiol groups is 1. The van der Waals surface area contributed by atoms with Gasteiger partial charge in [-0.2, -0.15) is 17.6 Å². The van der Waals surface area contributed by atoms with E-state index in [1.807, 2.05) is 19.9 Å². The molecule has 0 unspecified atom stereocenters. The molecule has 1 rings (SSSR count). The molecule has 0 amide bonds. The molecule has 1 aromatic heterocycles. The number of hydrogen-bond acceptors (Lipinski definition) is 3. The van der Waals surface area contributed by atoms with Crippen molar-refractivity contribution in [1.29, 1.82) is 0 Å². The first-order valence-electron chi connectivity index (χ1n) is 5.02. The molecule has 1 heterocycles. The quantitative estimate of drug-likeness (QED) is 0.798. The summed E-state index contributed by atoms with van der Waals surface area (Å²) in [5.41, 5.74) is 1.58. The van der Waals surface area contributed by atoms with Crippen LogP contribution >= 0.6 is 12.6 Å². The Kier molecular flexibility index (Phi) is 3.60. The topological polar surface area (TPSA) is 34.9 Å². The van der Waals surface area contributed by atoms with Crippen LogP contribution in [0.1, 0.15) is 25.2 Å². The largest absolute Gasteiger partial charge is 0.347 e. The molecular weight excluding hydrogens is 208 g/mol. The summed E-state index contributed by atoms with van der Waals surface area (Å²) in [6.45, 7) is 8.61. The summed E-state index contributed by atoms with van der Waals surface area (Å²) in [5.74, 6) is 0.743. The highest BCUT2D eigenvalue weighted by Crippen LogP contribution is 2.19. The van der Waals surface area contributed by atoms with E-state index in [-0.39, 0.29) is 11.1 Å². The summed E-state index contributed by atoms with van der Waals surface area (Å²) < 4.78 is 1.71. The molecule has 0 bridgehead atoms. The molecule has 0 atom stereocenters. The van der Waals surface area contributed by atoms with Crippen molar-refractivity contribution in [2.75, 3.05) is 5.75 Å². The maximum Gasteiger partial charge on any atom is 0.347 e. The molecule has 15 heavy (non-hydrogen) atoms. The molecule has 0 fully saturated rings. The highest BCUT2D eigenvalue weighted by atomic mass is 32.1. The van der Waals surface area contributed by atoms with Gasteiger partial charge in [0.05, 0.1) is 0 Å². The summed E-state index contributed by atoms with van der Waals surface area (Å²) in [7, 11) is 0. The van der Waals surface area contributed by atoms with Gasteiger partial charge in [0.25, 0.3) is 0 Å². The van der Waals surface area contributed by atoms with E-state index >= 15 is 0 Å². The van der Waals surface area contributed by atoms with Crippen LogP contribution in [0.3, 0.4) is 0 Å². The fraction of sp³-hybridized carbons (Fsp3) is 0.636. The molecule has 3 nitrogen and oxygen atoms in total. The number of hydrogen-bond donors (Lipinski definition) is 1. The second-order valence-corrected chi connectivity index (χ2v) is 5.05. The Hall–Kier alpha value is -0.770. The predicted molar refractivity (Wildman–Crippen MR) is 65.6 cm³/mol. The first kappa shape index (κ1) is 12.3. The summed E-state index contributed by atoms with van der Waals surface area (Å²) >= 11 is 4.28. The van der Waals surface area contributed by atoms with Crippen LogP contribution in [0.25, 0.3) is 0 Å². The Labute approximate surface area is 96.0 Å².